The standard InChI is InChI=1S/C19H14NOP/c20-15-16-9-7-8-14-19(16)22(21,17-10-3-1-4-11-17)18-12-5-2-6-13-18/h1-14H. The molecule has 0 N–H and O–H groups in total. The van der Waals surface area contributed by atoms with Gasteiger partial charge in [0.05, 0.1) is 11.6 Å². The van der Waals surface area contributed by atoms with E-state index in [0.29, 0.717) is 10.9 Å². The molecule has 2 nitrogen and oxygen atoms in total. The molecule has 0 fully saturated rings. The van der Waals surface area contributed by atoms with E-state index in [9.17, 15) is 9.83 Å². The summed E-state index contributed by atoms with van der Waals surface area (Å²) in [5.41, 5.74) is 0.457. The molecule has 3 aromatic carbocycles. The lowest BCUT2D eigenvalue weighted by Crippen LogP contribution is -2.26. The zero-order valence-corrected chi connectivity index (χ0v) is 12.8. The molecule has 0 amide bonds. The van der Waals surface area contributed by atoms with E-state index in [2.05, 4.69) is 6.07 Å². The van der Waals surface area contributed by atoms with Crippen LogP contribution in [0.3, 0.4) is 0 Å². The molecule has 3 heteroatoms. The number of benzene rings is 3. The Morgan fingerprint density at radius 2 is 1.14 bits per heavy atom. The van der Waals surface area contributed by atoms with Crippen molar-refractivity contribution in [2.75, 3.05) is 0 Å². The van der Waals surface area contributed by atoms with Crippen LogP contribution in [0.5, 0.6) is 0 Å². The third kappa shape index (κ3) is 2.37. The molecule has 22 heavy (non-hydrogen) atoms. The summed E-state index contributed by atoms with van der Waals surface area (Å²) in [7, 11) is -3.05. The van der Waals surface area contributed by atoms with Crippen molar-refractivity contribution in [1.82, 2.24) is 0 Å². The molecule has 0 aliphatic heterocycles. The zero-order chi connectivity index (χ0) is 15.4. The van der Waals surface area contributed by atoms with Gasteiger partial charge in [-0.2, -0.15) is 5.26 Å². The predicted octanol–water partition coefficient (Wildman–Crippen LogP) is 3.20. The van der Waals surface area contributed by atoms with Crippen LogP contribution >= 0.6 is 7.14 Å². The van der Waals surface area contributed by atoms with Gasteiger partial charge < -0.3 is 4.57 Å². The van der Waals surface area contributed by atoms with Gasteiger partial charge in [0.25, 0.3) is 0 Å². The Morgan fingerprint density at radius 1 is 0.682 bits per heavy atom. The second kappa shape index (κ2) is 6.02. The summed E-state index contributed by atoms with van der Waals surface area (Å²) in [6.45, 7) is 0. The van der Waals surface area contributed by atoms with Crippen molar-refractivity contribution in [2.45, 2.75) is 0 Å². The van der Waals surface area contributed by atoms with Crippen molar-refractivity contribution in [1.29, 1.82) is 5.26 Å². The second-order valence-electron chi connectivity index (χ2n) is 4.91. The van der Waals surface area contributed by atoms with Gasteiger partial charge in [0, 0.05) is 15.9 Å². The Balaban J connectivity index is 2.35. The van der Waals surface area contributed by atoms with Crippen molar-refractivity contribution < 1.29 is 4.57 Å². The van der Waals surface area contributed by atoms with E-state index in [1.807, 2.05) is 66.7 Å². The molecule has 0 atom stereocenters. The van der Waals surface area contributed by atoms with Gasteiger partial charge in [-0.25, -0.2) is 0 Å². The van der Waals surface area contributed by atoms with E-state index < -0.39 is 7.14 Å². The molecular weight excluding hydrogens is 289 g/mol. The van der Waals surface area contributed by atoms with E-state index in [1.165, 1.54) is 0 Å². The molecule has 0 radical (unpaired) electrons. The average Bonchev–Trinajstić information content (AvgIpc) is 2.62. The minimum Gasteiger partial charge on any atom is -0.309 e. The van der Waals surface area contributed by atoms with Crippen LogP contribution in [-0.4, -0.2) is 0 Å². The van der Waals surface area contributed by atoms with Crippen LogP contribution in [0.4, 0.5) is 0 Å². The SMILES string of the molecule is N#Cc1ccccc1P(=O)(c1ccccc1)c1ccccc1. The fourth-order valence-electron chi connectivity index (χ4n) is 2.55. The van der Waals surface area contributed by atoms with Gasteiger partial charge in [0.15, 0.2) is 7.14 Å². The maximum atomic E-state index is 14.0. The molecule has 0 saturated carbocycles. The highest BCUT2D eigenvalue weighted by Gasteiger charge is 2.31. The summed E-state index contributed by atoms with van der Waals surface area (Å²) in [6, 6.07) is 28.0. The number of nitriles is 1. The van der Waals surface area contributed by atoms with Crippen LogP contribution in [0.1, 0.15) is 5.56 Å². The molecule has 0 saturated heterocycles. The first-order valence-electron chi connectivity index (χ1n) is 6.98. The smallest absolute Gasteiger partial charge is 0.172 e. The molecule has 0 spiro atoms. The fourth-order valence-corrected chi connectivity index (χ4v) is 5.34. The Labute approximate surface area is 130 Å². The van der Waals surface area contributed by atoms with Crippen molar-refractivity contribution in [2.24, 2.45) is 0 Å². The van der Waals surface area contributed by atoms with Crippen LogP contribution in [0.15, 0.2) is 84.9 Å². The van der Waals surface area contributed by atoms with Gasteiger partial charge in [-0.05, 0) is 12.1 Å². The first-order valence-corrected chi connectivity index (χ1v) is 8.68. The van der Waals surface area contributed by atoms with Gasteiger partial charge in [-0.1, -0.05) is 72.8 Å². The monoisotopic (exact) mass is 303 g/mol. The summed E-state index contributed by atoms with van der Waals surface area (Å²) in [5.74, 6) is 0. The summed E-state index contributed by atoms with van der Waals surface area (Å²) in [6.07, 6.45) is 0. The maximum absolute atomic E-state index is 14.0. The Kier molecular flexibility index (Phi) is 3.92. The Hall–Kier alpha value is -2.62. The van der Waals surface area contributed by atoms with Crippen LogP contribution < -0.4 is 15.9 Å². The van der Waals surface area contributed by atoms with Crippen molar-refractivity contribution >= 4 is 23.1 Å². The first kappa shape index (κ1) is 14.3. The Bertz CT molecular complexity index is 823. The maximum Gasteiger partial charge on any atom is 0.172 e. The highest BCUT2D eigenvalue weighted by molar-refractivity contribution is 7.85. The van der Waals surface area contributed by atoms with Crippen molar-refractivity contribution in [3.63, 3.8) is 0 Å². The topological polar surface area (TPSA) is 40.9 Å². The summed E-state index contributed by atoms with van der Waals surface area (Å²) >= 11 is 0. The second-order valence-corrected chi connectivity index (χ2v) is 7.64. The van der Waals surface area contributed by atoms with E-state index in [-0.39, 0.29) is 0 Å². The van der Waals surface area contributed by atoms with Crippen molar-refractivity contribution in [3.05, 3.63) is 90.5 Å². The van der Waals surface area contributed by atoms with Crippen molar-refractivity contribution in [3.8, 4) is 6.07 Å². The molecule has 3 aromatic rings. The lowest BCUT2D eigenvalue weighted by atomic mass is 10.2. The first-order chi connectivity index (χ1) is 10.8. The third-order valence-electron chi connectivity index (χ3n) is 3.60. The van der Waals surface area contributed by atoms with Gasteiger partial charge in [0.1, 0.15) is 0 Å². The minimum absolute atomic E-state index is 0.457. The van der Waals surface area contributed by atoms with Crippen LogP contribution in [0.25, 0.3) is 0 Å². The van der Waals surface area contributed by atoms with E-state index in [4.69, 9.17) is 0 Å². The van der Waals surface area contributed by atoms with Crippen LogP contribution in [-0.2, 0) is 4.57 Å². The zero-order valence-electron chi connectivity index (χ0n) is 11.9. The lowest BCUT2D eigenvalue weighted by molar-refractivity contribution is 0.592. The van der Waals surface area contributed by atoms with Gasteiger partial charge in [0.2, 0.25) is 0 Å². The highest BCUT2D eigenvalue weighted by atomic mass is 31.2. The van der Waals surface area contributed by atoms with E-state index in [0.717, 1.165) is 10.6 Å². The highest BCUT2D eigenvalue weighted by Crippen LogP contribution is 2.43. The third-order valence-corrected chi connectivity index (χ3v) is 6.72. The number of rotatable bonds is 3. The predicted molar refractivity (Wildman–Crippen MR) is 90.5 cm³/mol. The number of hydrogen-bond donors (Lipinski definition) is 0. The molecule has 3 rings (SSSR count). The summed E-state index contributed by atoms with van der Waals surface area (Å²) in [5, 5.41) is 11.5. The van der Waals surface area contributed by atoms with Gasteiger partial charge >= 0.3 is 0 Å². The normalized spacial score (nSPS) is 10.9. The minimum atomic E-state index is -3.05. The van der Waals surface area contributed by atoms with Crippen LogP contribution in [0, 0.1) is 11.3 Å². The van der Waals surface area contributed by atoms with Gasteiger partial charge in [-0.3, -0.25) is 0 Å². The number of nitrogens with zero attached hydrogens (tertiary/aromatic N) is 1. The van der Waals surface area contributed by atoms with Crippen LogP contribution in [0.2, 0.25) is 0 Å². The largest absolute Gasteiger partial charge is 0.309 e. The fraction of sp³-hybridized carbons (Fsp3) is 0. The molecular formula is C19H14NOP. The molecule has 0 heterocycles. The van der Waals surface area contributed by atoms with Gasteiger partial charge in [-0.15, -0.1) is 0 Å². The van der Waals surface area contributed by atoms with E-state index in [1.54, 1.807) is 18.2 Å². The molecule has 106 valence electrons. The molecule has 0 unspecified atom stereocenters. The average molecular weight is 303 g/mol. The Morgan fingerprint density at radius 3 is 1.64 bits per heavy atom. The lowest BCUT2D eigenvalue weighted by Gasteiger charge is -2.20. The molecule has 0 aliphatic carbocycles. The molecule has 0 aliphatic rings. The summed E-state index contributed by atoms with van der Waals surface area (Å²) in [4.78, 5) is 0. The number of hydrogen-bond acceptors (Lipinski definition) is 2. The van der Waals surface area contributed by atoms with E-state index >= 15 is 0 Å². The summed E-state index contributed by atoms with van der Waals surface area (Å²) < 4.78 is 14.0. The molecule has 0 aromatic heterocycles. The quantitative estimate of drug-likeness (QED) is 0.697. The molecule has 0 bridgehead atoms.